The fourth-order valence-electron chi connectivity index (χ4n) is 1.95. The van der Waals surface area contributed by atoms with Crippen molar-refractivity contribution in [1.29, 1.82) is 0 Å². The number of carbonyl (C=O) groups is 1. The summed E-state index contributed by atoms with van der Waals surface area (Å²) in [5.41, 5.74) is 2.78. The Labute approximate surface area is 125 Å². The molecule has 0 saturated carbocycles. The molecule has 4 heteroatoms. The molecule has 0 radical (unpaired) electrons. The van der Waals surface area contributed by atoms with Crippen molar-refractivity contribution in [1.82, 2.24) is 0 Å². The normalized spacial score (nSPS) is 11.6. The van der Waals surface area contributed by atoms with Crippen LogP contribution in [0, 0.1) is 6.92 Å². The van der Waals surface area contributed by atoms with Crippen LogP contribution in [0.5, 0.6) is 5.75 Å². The van der Waals surface area contributed by atoms with Crippen LogP contribution in [0.2, 0.25) is 0 Å². The molecule has 0 spiro atoms. The molecule has 0 saturated heterocycles. The standard InChI is InChI=1S/C17H20N2O2/c1-12-8-10-14(11-9-12)18-13(2)17(20)19-15-6-4-5-7-16(15)21-3/h4-11,13,18H,1-3H3,(H,19,20)/t13-/m1/s1. The van der Waals surface area contributed by atoms with Gasteiger partial charge in [0.25, 0.3) is 0 Å². The topological polar surface area (TPSA) is 50.4 Å². The van der Waals surface area contributed by atoms with Gasteiger partial charge in [-0.25, -0.2) is 0 Å². The van der Waals surface area contributed by atoms with Gasteiger partial charge in [-0.1, -0.05) is 29.8 Å². The predicted molar refractivity (Wildman–Crippen MR) is 85.9 cm³/mol. The second kappa shape index (κ2) is 6.79. The molecule has 0 aromatic heterocycles. The van der Waals surface area contributed by atoms with Gasteiger partial charge >= 0.3 is 0 Å². The van der Waals surface area contributed by atoms with E-state index < -0.39 is 0 Å². The van der Waals surface area contributed by atoms with Crippen molar-refractivity contribution < 1.29 is 9.53 Å². The lowest BCUT2D eigenvalue weighted by Crippen LogP contribution is -2.31. The van der Waals surface area contributed by atoms with Crippen LogP contribution in [0.25, 0.3) is 0 Å². The molecule has 110 valence electrons. The third-order valence-electron chi connectivity index (χ3n) is 3.19. The Kier molecular flexibility index (Phi) is 4.82. The highest BCUT2D eigenvalue weighted by molar-refractivity contribution is 5.97. The Bertz CT molecular complexity index is 608. The molecule has 21 heavy (non-hydrogen) atoms. The van der Waals surface area contributed by atoms with E-state index in [1.165, 1.54) is 5.56 Å². The van der Waals surface area contributed by atoms with Gasteiger partial charge in [-0.05, 0) is 38.1 Å². The Morgan fingerprint density at radius 1 is 1.10 bits per heavy atom. The summed E-state index contributed by atoms with van der Waals surface area (Å²) in [6.07, 6.45) is 0. The molecule has 1 amide bonds. The Morgan fingerprint density at radius 2 is 1.76 bits per heavy atom. The number of amides is 1. The number of rotatable bonds is 5. The summed E-state index contributed by atoms with van der Waals surface area (Å²) < 4.78 is 5.22. The van der Waals surface area contributed by atoms with Crippen LogP contribution in [-0.4, -0.2) is 19.1 Å². The molecule has 0 bridgehead atoms. The Balaban J connectivity index is 2.01. The summed E-state index contributed by atoms with van der Waals surface area (Å²) in [4.78, 5) is 12.2. The van der Waals surface area contributed by atoms with E-state index in [0.29, 0.717) is 11.4 Å². The zero-order chi connectivity index (χ0) is 15.2. The number of anilines is 2. The number of ether oxygens (including phenoxy) is 1. The maximum Gasteiger partial charge on any atom is 0.246 e. The van der Waals surface area contributed by atoms with Gasteiger partial charge in [-0.2, -0.15) is 0 Å². The summed E-state index contributed by atoms with van der Waals surface area (Å²) >= 11 is 0. The van der Waals surface area contributed by atoms with Gasteiger partial charge < -0.3 is 15.4 Å². The number of hydrogen-bond donors (Lipinski definition) is 2. The number of carbonyl (C=O) groups excluding carboxylic acids is 1. The molecular formula is C17H20N2O2. The second-order valence-corrected chi connectivity index (χ2v) is 4.92. The first-order valence-electron chi connectivity index (χ1n) is 6.87. The van der Waals surface area contributed by atoms with Crippen LogP contribution in [0.3, 0.4) is 0 Å². The summed E-state index contributed by atoms with van der Waals surface area (Å²) in [5, 5.41) is 6.04. The highest BCUT2D eigenvalue weighted by Crippen LogP contribution is 2.23. The first-order chi connectivity index (χ1) is 10.1. The van der Waals surface area contributed by atoms with Gasteiger partial charge in [-0.3, -0.25) is 4.79 Å². The molecule has 2 N–H and O–H groups in total. The lowest BCUT2D eigenvalue weighted by Gasteiger charge is -2.16. The van der Waals surface area contributed by atoms with Crippen molar-refractivity contribution in [3.63, 3.8) is 0 Å². The van der Waals surface area contributed by atoms with Crippen molar-refractivity contribution in [3.05, 3.63) is 54.1 Å². The Hall–Kier alpha value is -2.49. The van der Waals surface area contributed by atoms with Crippen LogP contribution < -0.4 is 15.4 Å². The van der Waals surface area contributed by atoms with Gasteiger partial charge in [0.2, 0.25) is 5.91 Å². The lowest BCUT2D eigenvalue weighted by molar-refractivity contribution is -0.116. The molecule has 0 fully saturated rings. The smallest absolute Gasteiger partial charge is 0.246 e. The first-order valence-corrected chi connectivity index (χ1v) is 6.87. The average molecular weight is 284 g/mol. The van der Waals surface area contributed by atoms with Crippen LogP contribution in [0.4, 0.5) is 11.4 Å². The van der Waals surface area contributed by atoms with Gasteiger partial charge in [-0.15, -0.1) is 0 Å². The molecule has 0 heterocycles. The third-order valence-corrected chi connectivity index (χ3v) is 3.19. The Morgan fingerprint density at radius 3 is 2.43 bits per heavy atom. The van der Waals surface area contributed by atoms with Gasteiger partial charge in [0, 0.05) is 5.69 Å². The summed E-state index contributed by atoms with van der Waals surface area (Å²) in [6.45, 7) is 3.85. The van der Waals surface area contributed by atoms with Crippen LogP contribution >= 0.6 is 0 Å². The van der Waals surface area contributed by atoms with Gasteiger partial charge in [0.1, 0.15) is 11.8 Å². The molecule has 2 aromatic carbocycles. The summed E-state index contributed by atoms with van der Waals surface area (Å²) in [5.74, 6) is 0.536. The monoisotopic (exact) mass is 284 g/mol. The summed E-state index contributed by atoms with van der Waals surface area (Å²) in [7, 11) is 1.58. The van der Waals surface area contributed by atoms with Crippen LogP contribution in [0.15, 0.2) is 48.5 Å². The fraction of sp³-hybridized carbons (Fsp3) is 0.235. The first kappa shape index (κ1) is 14.9. The minimum Gasteiger partial charge on any atom is -0.495 e. The maximum atomic E-state index is 12.2. The SMILES string of the molecule is COc1ccccc1NC(=O)[C@@H](C)Nc1ccc(C)cc1. The number of para-hydroxylation sites is 2. The number of benzene rings is 2. The molecule has 2 aromatic rings. The average Bonchev–Trinajstić information content (AvgIpc) is 2.50. The molecule has 1 atom stereocenters. The molecule has 0 unspecified atom stereocenters. The fourth-order valence-corrected chi connectivity index (χ4v) is 1.95. The number of aryl methyl sites for hydroxylation is 1. The molecule has 0 aliphatic rings. The van der Waals surface area contributed by atoms with E-state index in [-0.39, 0.29) is 11.9 Å². The second-order valence-electron chi connectivity index (χ2n) is 4.92. The van der Waals surface area contributed by atoms with Crippen molar-refractivity contribution in [2.75, 3.05) is 17.7 Å². The van der Waals surface area contributed by atoms with Crippen molar-refractivity contribution in [2.24, 2.45) is 0 Å². The van der Waals surface area contributed by atoms with Crippen molar-refractivity contribution in [2.45, 2.75) is 19.9 Å². The van der Waals surface area contributed by atoms with E-state index >= 15 is 0 Å². The van der Waals surface area contributed by atoms with E-state index in [0.717, 1.165) is 5.69 Å². The highest BCUT2D eigenvalue weighted by Gasteiger charge is 2.14. The minimum atomic E-state index is -0.349. The van der Waals surface area contributed by atoms with E-state index in [1.807, 2.05) is 62.4 Å². The van der Waals surface area contributed by atoms with Gasteiger partial charge in [0.05, 0.1) is 12.8 Å². The van der Waals surface area contributed by atoms with Crippen molar-refractivity contribution in [3.8, 4) is 5.75 Å². The molecule has 0 aliphatic carbocycles. The molecule has 0 aliphatic heterocycles. The number of hydrogen-bond acceptors (Lipinski definition) is 3. The quantitative estimate of drug-likeness (QED) is 0.884. The largest absolute Gasteiger partial charge is 0.495 e. The zero-order valence-corrected chi connectivity index (χ0v) is 12.5. The lowest BCUT2D eigenvalue weighted by atomic mass is 10.2. The van der Waals surface area contributed by atoms with E-state index in [1.54, 1.807) is 7.11 Å². The van der Waals surface area contributed by atoms with E-state index in [2.05, 4.69) is 10.6 Å². The third kappa shape index (κ3) is 3.99. The van der Waals surface area contributed by atoms with E-state index in [9.17, 15) is 4.79 Å². The predicted octanol–water partition coefficient (Wildman–Crippen LogP) is 3.44. The number of nitrogens with one attached hydrogen (secondary N) is 2. The highest BCUT2D eigenvalue weighted by atomic mass is 16.5. The van der Waals surface area contributed by atoms with E-state index in [4.69, 9.17) is 4.74 Å². The zero-order valence-electron chi connectivity index (χ0n) is 12.5. The minimum absolute atomic E-state index is 0.111. The van der Waals surface area contributed by atoms with Crippen LogP contribution in [0.1, 0.15) is 12.5 Å². The van der Waals surface area contributed by atoms with Crippen LogP contribution in [-0.2, 0) is 4.79 Å². The van der Waals surface area contributed by atoms with Gasteiger partial charge in [0.15, 0.2) is 0 Å². The molecular weight excluding hydrogens is 264 g/mol. The molecule has 2 rings (SSSR count). The maximum absolute atomic E-state index is 12.2. The molecule has 4 nitrogen and oxygen atoms in total. The summed E-state index contributed by atoms with van der Waals surface area (Å²) in [6, 6.07) is 14.9. The van der Waals surface area contributed by atoms with Crippen molar-refractivity contribution >= 4 is 17.3 Å². The number of methoxy groups -OCH3 is 1.